The fourth-order valence-electron chi connectivity index (χ4n) is 1.19. The molecule has 0 unspecified atom stereocenters. The van der Waals surface area contributed by atoms with E-state index in [1.54, 1.807) is 6.07 Å². The van der Waals surface area contributed by atoms with Crippen molar-refractivity contribution in [3.05, 3.63) is 52.6 Å². The molecule has 0 aliphatic rings. The first-order chi connectivity index (χ1) is 7.24. The third kappa shape index (κ3) is 2.85. The number of nitrogens with one attached hydrogen (secondary N) is 1. The Bertz CT molecular complexity index is 428. The van der Waals surface area contributed by atoms with Gasteiger partial charge in [-0.15, -0.1) is 0 Å². The highest BCUT2D eigenvalue weighted by Crippen LogP contribution is 2.19. The first kappa shape index (κ1) is 10.3. The Balaban J connectivity index is 2.22. The number of hydrogen-bond acceptors (Lipinski definition) is 2. The molecule has 2 nitrogen and oxygen atoms in total. The lowest BCUT2D eigenvalue weighted by molar-refractivity contribution is 1.31. The maximum atomic E-state index is 5.86. The van der Waals surface area contributed by atoms with Gasteiger partial charge in [-0.3, -0.25) is 0 Å². The fraction of sp³-hybridized carbons (Fsp3) is 0. The number of aromatic nitrogens is 1. The molecule has 0 saturated heterocycles. The highest BCUT2D eigenvalue weighted by molar-refractivity contribution is 6.30. The van der Waals surface area contributed by atoms with Crippen LogP contribution in [-0.4, -0.2) is 4.98 Å². The molecule has 2 aromatic rings. The molecule has 4 heteroatoms. The van der Waals surface area contributed by atoms with Gasteiger partial charge in [0.25, 0.3) is 0 Å². The Kier molecular flexibility index (Phi) is 3.09. The number of hydrogen-bond donors (Lipinski definition) is 1. The summed E-state index contributed by atoms with van der Waals surface area (Å²) in [7, 11) is 0. The van der Waals surface area contributed by atoms with Gasteiger partial charge in [-0.2, -0.15) is 0 Å². The molecule has 15 heavy (non-hydrogen) atoms. The lowest BCUT2D eigenvalue weighted by Crippen LogP contribution is -1.92. The lowest BCUT2D eigenvalue weighted by atomic mass is 10.3. The third-order valence-corrected chi connectivity index (χ3v) is 2.26. The highest BCUT2D eigenvalue weighted by atomic mass is 35.5. The standard InChI is InChI=1S/C11H8Cl2N2/c12-8-3-1-4-9(7-8)14-11-6-2-5-10(13)15-11/h1-7H,(H,14,15). The van der Waals surface area contributed by atoms with E-state index in [0.717, 1.165) is 5.69 Å². The van der Waals surface area contributed by atoms with E-state index in [1.807, 2.05) is 36.4 Å². The summed E-state index contributed by atoms with van der Waals surface area (Å²) in [6.07, 6.45) is 0. The van der Waals surface area contributed by atoms with Crippen LogP contribution in [0.3, 0.4) is 0 Å². The summed E-state index contributed by atoms with van der Waals surface area (Å²) in [5.41, 5.74) is 0.886. The van der Waals surface area contributed by atoms with E-state index in [-0.39, 0.29) is 0 Å². The molecule has 0 aliphatic carbocycles. The van der Waals surface area contributed by atoms with Crippen molar-refractivity contribution in [3.63, 3.8) is 0 Å². The Morgan fingerprint density at radius 2 is 1.80 bits per heavy atom. The molecule has 0 fully saturated rings. The van der Waals surface area contributed by atoms with E-state index < -0.39 is 0 Å². The van der Waals surface area contributed by atoms with Crippen LogP contribution in [0.5, 0.6) is 0 Å². The van der Waals surface area contributed by atoms with Gasteiger partial charge in [0.15, 0.2) is 0 Å². The van der Waals surface area contributed by atoms with Gasteiger partial charge < -0.3 is 5.32 Å². The van der Waals surface area contributed by atoms with Gasteiger partial charge in [-0.05, 0) is 30.3 Å². The summed E-state index contributed by atoms with van der Waals surface area (Å²) in [6, 6.07) is 12.8. The minimum Gasteiger partial charge on any atom is -0.340 e. The zero-order valence-electron chi connectivity index (χ0n) is 7.74. The summed E-state index contributed by atoms with van der Waals surface area (Å²) in [6.45, 7) is 0. The minimum atomic E-state index is 0.460. The molecule has 0 atom stereocenters. The number of halogens is 2. The SMILES string of the molecule is Clc1cccc(Nc2cccc(Cl)n2)c1. The van der Waals surface area contributed by atoms with Gasteiger partial charge in [-0.1, -0.05) is 35.3 Å². The largest absolute Gasteiger partial charge is 0.340 e. The summed E-state index contributed by atoms with van der Waals surface area (Å²) in [4.78, 5) is 4.11. The van der Waals surface area contributed by atoms with Gasteiger partial charge in [0.05, 0.1) is 0 Å². The van der Waals surface area contributed by atoms with E-state index in [0.29, 0.717) is 16.0 Å². The van der Waals surface area contributed by atoms with Crippen LogP contribution in [0.15, 0.2) is 42.5 Å². The van der Waals surface area contributed by atoms with Crippen LogP contribution in [-0.2, 0) is 0 Å². The molecular formula is C11H8Cl2N2. The average Bonchev–Trinajstić information content (AvgIpc) is 2.17. The first-order valence-corrected chi connectivity index (χ1v) is 5.15. The van der Waals surface area contributed by atoms with Crippen LogP contribution in [0.25, 0.3) is 0 Å². The Morgan fingerprint density at radius 1 is 1.00 bits per heavy atom. The Morgan fingerprint density at radius 3 is 2.53 bits per heavy atom. The monoisotopic (exact) mass is 238 g/mol. The first-order valence-electron chi connectivity index (χ1n) is 4.39. The van der Waals surface area contributed by atoms with Gasteiger partial charge in [-0.25, -0.2) is 4.98 Å². The zero-order valence-corrected chi connectivity index (χ0v) is 9.26. The molecule has 1 N–H and O–H groups in total. The molecular weight excluding hydrogens is 231 g/mol. The van der Waals surface area contributed by atoms with E-state index in [1.165, 1.54) is 0 Å². The second-order valence-electron chi connectivity index (χ2n) is 2.98. The smallest absolute Gasteiger partial charge is 0.132 e. The molecule has 0 aliphatic heterocycles. The average molecular weight is 239 g/mol. The maximum absolute atomic E-state index is 5.86. The van der Waals surface area contributed by atoms with Gasteiger partial charge in [0, 0.05) is 10.7 Å². The van der Waals surface area contributed by atoms with E-state index >= 15 is 0 Å². The van der Waals surface area contributed by atoms with Crippen molar-refractivity contribution in [1.82, 2.24) is 4.98 Å². The quantitative estimate of drug-likeness (QED) is 0.797. The van der Waals surface area contributed by atoms with Crippen molar-refractivity contribution in [2.24, 2.45) is 0 Å². The van der Waals surface area contributed by atoms with Crippen molar-refractivity contribution in [1.29, 1.82) is 0 Å². The normalized spacial score (nSPS) is 10.0. The molecule has 0 amide bonds. The third-order valence-electron chi connectivity index (χ3n) is 1.81. The molecule has 1 aromatic carbocycles. The topological polar surface area (TPSA) is 24.9 Å². The van der Waals surface area contributed by atoms with Crippen LogP contribution in [0, 0.1) is 0 Å². The van der Waals surface area contributed by atoms with Gasteiger partial charge in [0.1, 0.15) is 11.0 Å². The van der Waals surface area contributed by atoms with Crippen molar-refractivity contribution in [2.75, 3.05) is 5.32 Å². The summed E-state index contributed by atoms with van der Waals surface area (Å²) < 4.78 is 0. The number of pyridine rings is 1. The van der Waals surface area contributed by atoms with Gasteiger partial charge >= 0.3 is 0 Å². The lowest BCUT2D eigenvalue weighted by Gasteiger charge is -2.05. The predicted molar refractivity (Wildman–Crippen MR) is 64.0 cm³/mol. The molecule has 0 saturated carbocycles. The Hall–Kier alpha value is -1.25. The van der Waals surface area contributed by atoms with Crippen LogP contribution in [0.4, 0.5) is 11.5 Å². The van der Waals surface area contributed by atoms with Crippen molar-refractivity contribution in [2.45, 2.75) is 0 Å². The fourth-order valence-corrected chi connectivity index (χ4v) is 1.55. The number of nitrogens with zero attached hydrogens (tertiary/aromatic N) is 1. The molecule has 1 heterocycles. The second-order valence-corrected chi connectivity index (χ2v) is 3.80. The molecule has 2 rings (SSSR count). The van der Waals surface area contributed by atoms with Gasteiger partial charge in [0.2, 0.25) is 0 Å². The van der Waals surface area contributed by atoms with Crippen LogP contribution in [0.1, 0.15) is 0 Å². The number of rotatable bonds is 2. The second kappa shape index (κ2) is 4.51. The molecule has 0 radical (unpaired) electrons. The summed E-state index contributed by atoms with van der Waals surface area (Å²) in [5.74, 6) is 0.699. The van der Waals surface area contributed by atoms with Crippen molar-refractivity contribution >= 4 is 34.7 Å². The van der Waals surface area contributed by atoms with E-state index in [9.17, 15) is 0 Å². The summed E-state index contributed by atoms with van der Waals surface area (Å²) in [5, 5.41) is 4.25. The number of anilines is 2. The molecule has 76 valence electrons. The van der Waals surface area contributed by atoms with Crippen molar-refractivity contribution in [3.8, 4) is 0 Å². The number of benzene rings is 1. The van der Waals surface area contributed by atoms with Crippen LogP contribution < -0.4 is 5.32 Å². The van der Waals surface area contributed by atoms with E-state index in [4.69, 9.17) is 23.2 Å². The van der Waals surface area contributed by atoms with E-state index in [2.05, 4.69) is 10.3 Å². The summed E-state index contributed by atoms with van der Waals surface area (Å²) >= 11 is 11.6. The van der Waals surface area contributed by atoms with Crippen molar-refractivity contribution < 1.29 is 0 Å². The highest BCUT2D eigenvalue weighted by Gasteiger charge is 1.97. The Labute approximate surface area is 97.9 Å². The molecule has 0 bridgehead atoms. The maximum Gasteiger partial charge on any atom is 0.132 e. The molecule has 0 spiro atoms. The van der Waals surface area contributed by atoms with Crippen LogP contribution >= 0.6 is 23.2 Å². The zero-order chi connectivity index (χ0) is 10.7. The van der Waals surface area contributed by atoms with Crippen LogP contribution in [0.2, 0.25) is 10.2 Å². The molecule has 1 aromatic heterocycles. The minimum absolute atomic E-state index is 0.460. The predicted octanol–water partition coefficient (Wildman–Crippen LogP) is 4.13.